The molecule has 0 saturated carbocycles. The van der Waals surface area contributed by atoms with Gasteiger partial charge in [-0.05, 0) is 69.0 Å². The van der Waals surface area contributed by atoms with Crippen LogP contribution in [0.5, 0.6) is 0 Å². The smallest absolute Gasteiger partial charge is 0.243 e. The Hall–Kier alpha value is -3.17. The molecular formula is C32H40BrN3O4S. The molecule has 3 aromatic rings. The molecule has 9 heteroatoms. The van der Waals surface area contributed by atoms with Gasteiger partial charge < -0.3 is 10.2 Å². The van der Waals surface area contributed by atoms with Crippen LogP contribution in [0.4, 0.5) is 5.69 Å². The number of benzene rings is 3. The minimum absolute atomic E-state index is 0.0833. The first-order valence-corrected chi connectivity index (χ1v) is 16.3. The lowest BCUT2D eigenvalue weighted by molar-refractivity contribution is -0.142. The van der Waals surface area contributed by atoms with Crippen LogP contribution in [0.15, 0.2) is 83.3 Å². The van der Waals surface area contributed by atoms with Crippen molar-refractivity contribution in [3.05, 3.63) is 100 Å². The highest BCUT2D eigenvalue weighted by Gasteiger charge is 2.32. The van der Waals surface area contributed by atoms with Crippen molar-refractivity contribution in [1.29, 1.82) is 0 Å². The molecule has 41 heavy (non-hydrogen) atoms. The summed E-state index contributed by atoms with van der Waals surface area (Å²) in [4.78, 5) is 29.3. The molecule has 220 valence electrons. The predicted molar refractivity (Wildman–Crippen MR) is 169 cm³/mol. The van der Waals surface area contributed by atoms with Gasteiger partial charge >= 0.3 is 0 Å². The Morgan fingerprint density at radius 2 is 1.56 bits per heavy atom. The Labute approximate surface area is 253 Å². The van der Waals surface area contributed by atoms with Gasteiger partial charge in [0.05, 0.1) is 11.9 Å². The third kappa shape index (κ3) is 10.0. The van der Waals surface area contributed by atoms with E-state index in [9.17, 15) is 18.0 Å². The average molecular weight is 643 g/mol. The fourth-order valence-electron chi connectivity index (χ4n) is 4.66. The number of halogens is 1. The number of amides is 2. The standard InChI is InChI=1S/C32H40BrN3O4S/c1-24-13-9-10-18-28(24)36(41(5,39)40)20-12-19-30(37)35(23-26-16-11-17-27(33)21-26)29(31(38)34-32(2,3)4)22-25-14-7-6-8-15-25/h6-11,13-18,21,29H,12,19-20,22-23H2,1-5H3,(H,34,38)/t29-/m1/s1. The molecule has 1 N–H and O–H groups in total. The van der Waals surface area contributed by atoms with Gasteiger partial charge in [-0.1, -0.05) is 76.6 Å². The highest BCUT2D eigenvalue weighted by atomic mass is 79.9. The van der Waals surface area contributed by atoms with Gasteiger partial charge in [-0.2, -0.15) is 0 Å². The maximum Gasteiger partial charge on any atom is 0.243 e. The van der Waals surface area contributed by atoms with E-state index in [1.807, 2.05) is 94.4 Å². The summed E-state index contributed by atoms with van der Waals surface area (Å²) in [5, 5.41) is 3.06. The zero-order chi connectivity index (χ0) is 30.2. The molecule has 0 saturated heterocycles. The van der Waals surface area contributed by atoms with E-state index in [1.165, 1.54) is 10.6 Å². The molecule has 0 radical (unpaired) electrons. The lowest BCUT2D eigenvalue weighted by Gasteiger charge is -2.34. The third-order valence-electron chi connectivity index (χ3n) is 6.55. The molecule has 3 rings (SSSR count). The topological polar surface area (TPSA) is 86.8 Å². The summed E-state index contributed by atoms with van der Waals surface area (Å²) < 4.78 is 27.6. The molecule has 0 fully saturated rings. The van der Waals surface area contributed by atoms with Crippen LogP contribution in [-0.4, -0.2) is 49.5 Å². The number of hydrogen-bond donors (Lipinski definition) is 1. The van der Waals surface area contributed by atoms with Crippen LogP contribution >= 0.6 is 15.9 Å². The van der Waals surface area contributed by atoms with Crippen LogP contribution in [-0.2, 0) is 32.6 Å². The van der Waals surface area contributed by atoms with E-state index < -0.39 is 21.6 Å². The highest BCUT2D eigenvalue weighted by molar-refractivity contribution is 9.10. The number of aryl methyl sites for hydroxylation is 1. The second-order valence-corrected chi connectivity index (χ2v) is 14.1. The second-order valence-electron chi connectivity index (χ2n) is 11.3. The molecule has 0 aliphatic heterocycles. The Morgan fingerprint density at radius 1 is 0.927 bits per heavy atom. The van der Waals surface area contributed by atoms with Crippen LogP contribution in [0.25, 0.3) is 0 Å². The fraction of sp³-hybridized carbons (Fsp3) is 0.375. The molecule has 1 atom stereocenters. The van der Waals surface area contributed by atoms with Crippen molar-refractivity contribution in [3.63, 3.8) is 0 Å². The van der Waals surface area contributed by atoms with Crippen molar-refractivity contribution in [2.45, 2.75) is 65.1 Å². The zero-order valence-electron chi connectivity index (χ0n) is 24.4. The molecule has 7 nitrogen and oxygen atoms in total. The lowest BCUT2D eigenvalue weighted by atomic mass is 10.00. The van der Waals surface area contributed by atoms with E-state index in [0.717, 1.165) is 21.2 Å². The molecule has 0 heterocycles. The molecule has 0 unspecified atom stereocenters. The number of para-hydroxylation sites is 1. The zero-order valence-corrected chi connectivity index (χ0v) is 26.8. The van der Waals surface area contributed by atoms with Gasteiger partial charge in [0.15, 0.2) is 0 Å². The largest absolute Gasteiger partial charge is 0.350 e. The monoisotopic (exact) mass is 641 g/mol. The lowest BCUT2D eigenvalue weighted by Crippen LogP contribution is -2.54. The third-order valence-corrected chi connectivity index (χ3v) is 8.22. The van der Waals surface area contributed by atoms with Crippen LogP contribution in [0.1, 0.15) is 50.3 Å². The highest BCUT2D eigenvalue weighted by Crippen LogP contribution is 2.24. The van der Waals surface area contributed by atoms with Gasteiger partial charge in [0.25, 0.3) is 0 Å². The van der Waals surface area contributed by atoms with Gasteiger partial charge in [-0.3, -0.25) is 13.9 Å². The number of carbonyl (C=O) groups is 2. The second kappa shape index (κ2) is 14.1. The summed E-state index contributed by atoms with van der Waals surface area (Å²) in [6.45, 7) is 7.99. The van der Waals surface area contributed by atoms with Crippen LogP contribution < -0.4 is 9.62 Å². The predicted octanol–water partition coefficient (Wildman–Crippen LogP) is 5.86. The van der Waals surface area contributed by atoms with Gasteiger partial charge in [0.1, 0.15) is 6.04 Å². The van der Waals surface area contributed by atoms with Crippen molar-refractivity contribution in [1.82, 2.24) is 10.2 Å². The minimum Gasteiger partial charge on any atom is -0.350 e. The molecule has 0 aromatic heterocycles. The summed E-state index contributed by atoms with van der Waals surface area (Å²) in [6, 6.07) is 23.9. The first-order valence-electron chi connectivity index (χ1n) is 13.7. The fourth-order valence-corrected chi connectivity index (χ4v) is 6.13. The number of nitrogens with one attached hydrogen (secondary N) is 1. The normalized spacial score (nSPS) is 12.4. The first-order chi connectivity index (χ1) is 19.2. The number of anilines is 1. The number of rotatable bonds is 12. The maximum absolute atomic E-state index is 13.9. The number of nitrogens with zero attached hydrogens (tertiary/aromatic N) is 2. The Balaban J connectivity index is 1.91. The van der Waals surface area contributed by atoms with E-state index in [4.69, 9.17) is 0 Å². The quantitative estimate of drug-likeness (QED) is 0.268. The van der Waals surface area contributed by atoms with Crippen molar-refractivity contribution in [3.8, 4) is 0 Å². The van der Waals surface area contributed by atoms with Gasteiger partial charge in [0.2, 0.25) is 21.8 Å². The van der Waals surface area contributed by atoms with E-state index in [0.29, 0.717) is 18.5 Å². The van der Waals surface area contributed by atoms with Crippen LogP contribution in [0.3, 0.4) is 0 Å². The number of sulfonamides is 1. The van der Waals surface area contributed by atoms with Gasteiger partial charge in [0, 0.05) is 35.9 Å². The van der Waals surface area contributed by atoms with Gasteiger partial charge in [-0.15, -0.1) is 0 Å². The van der Waals surface area contributed by atoms with Crippen LogP contribution in [0, 0.1) is 6.92 Å². The number of carbonyl (C=O) groups excluding carboxylic acids is 2. The summed E-state index contributed by atoms with van der Waals surface area (Å²) in [6.07, 6.45) is 1.91. The number of hydrogen-bond acceptors (Lipinski definition) is 4. The van der Waals surface area contributed by atoms with E-state index in [-0.39, 0.29) is 31.3 Å². The van der Waals surface area contributed by atoms with Crippen molar-refractivity contribution >= 4 is 43.5 Å². The summed E-state index contributed by atoms with van der Waals surface area (Å²) in [5.41, 5.74) is 2.77. The Morgan fingerprint density at radius 3 is 2.17 bits per heavy atom. The SMILES string of the molecule is Cc1ccccc1N(CCCC(=O)N(Cc1cccc(Br)c1)[C@H](Cc1ccccc1)C(=O)NC(C)(C)C)S(C)(=O)=O. The summed E-state index contributed by atoms with van der Waals surface area (Å²) in [5.74, 6) is -0.449. The molecule has 0 aliphatic carbocycles. The molecule has 0 aliphatic rings. The maximum atomic E-state index is 13.9. The van der Waals surface area contributed by atoms with E-state index in [1.54, 1.807) is 17.0 Å². The van der Waals surface area contributed by atoms with E-state index >= 15 is 0 Å². The van der Waals surface area contributed by atoms with Crippen molar-refractivity contribution in [2.24, 2.45) is 0 Å². The minimum atomic E-state index is -3.56. The van der Waals surface area contributed by atoms with Crippen molar-refractivity contribution in [2.75, 3.05) is 17.1 Å². The Kier molecular flexibility index (Phi) is 11.2. The molecule has 0 spiro atoms. The van der Waals surface area contributed by atoms with Crippen molar-refractivity contribution < 1.29 is 18.0 Å². The molecular weight excluding hydrogens is 602 g/mol. The Bertz CT molecular complexity index is 1440. The average Bonchev–Trinajstić information content (AvgIpc) is 2.88. The summed E-state index contributed by atoms with van der Waals surface area (Å²) >= 11 is 3.51. The van der Waals surface area contributed by atoms with E-state index in [2.05, 4.69) is 21.2 Å². The van der Waals surface area contributed by atoms with Crippen LogP contribution in [0.2, 0.25) is 0 Å². The molecule has 0 bridgehead atoms. The summed E-state index contributed by atoms with van der Waals surface area (Å²) in [7, 11) is -3.56. The molecule has 2 amide bonds. The first kappa shape index (κ1) is 32.3. The van der Waals surface area contributed by atoms with Gasteiger partial charge in [-0.25, -0.2) is 8.42 Å². The molecule has 3 aromatic carbocycles.